The lowest BCUT2D eigenvalue weighted by molar-refractivity contribution is -0.128. The number of carbonyl (C=O) groups is 2. The van der Waals surface area contributed by atoms with E-state index in [1.165, 1.54) is 17.7 Å². The van der Waals surface area contributed by atoms with Gasteiger partial charge < -0.3 is 30.5 Å². The lowest BCUT2D eigenvalue weighted by Crippen LogP contribution is -2.47. The van der Waals surface area contributed by atoms with E-state index in [0.717, 1.165) is 54.8 Å². The molecule has 0 unspecified atom stereocenters. The van der Waals surface area contributed by atoms with Crippen LogP contribution in [0, 0.1) is 0 Å². The van der Waals surface area contributed by atoms with E-state index in [1.54, 1.807) is 13.0 Å². The number of thiophene rings is 1. The first kappa shape index (κ1) is 28.2. The lowest BCUT2D eigenvalue weighted by Gasteiger charge is -2.34. The number of ether oxygens (including phenoxy) is 1. The number of rotatable bonds is 8. The topological polar surface area (TPSA) is 121 Å². The van der Waals surface area contributed by atoms with Crippen molar-refractivity contribution in [3.63, 3.8) is 0 Å². The number of aromatic nitrogens is 3. The molecule has 1 atom stereocenters. The van der Waals surface area contributed by atoms with E-state index in [-0.39, 0.29) is 17.9 Å². The summed E-state index contributed by atoms with van der Waals surface area (Å²) >= 11 is 7.47. The van der Waals surface area contributed by atoms with Gasteiger partial charge in [0.05, 0.1) is 15.7 Å². The average molecular weight is 587 g/mol. The molecule has 2 amide bonds. The molecule has 11 nitrogen and oxygen atoms in total. The van der Waals surface area contributed by atoms with Gasteiger partial charge in [0.15, 0.2) is 5.82 Å². The van der Waals surface area contributed by atoms with E-state index in [2.05, 4.69) is 32.4 Å². The van der Waals surface area contributed by atoms with E-state index >= 15 is 0 Å². The standard InChI is InChI=1S/C27H35ClN8O3S/c1-17(37)34-9-6-18(7-10-34)20-13-21(24-26(29)30-16-31-36(20)24)35-8-4-5-19(15-35)32-27(38)25-22(14-23(28)40-25)39-12-11-33(2)3/h6,13-14,16,19H,4-5,7-12,15H2,1-3H3,(H,32,38)(H2,29,30,31)/t19-/m1/s1. The molecule has 40 heavy (non-hydrogen) atoms. The zero-order valence-corrected chi connectivity index (χ0v) is 24.6. The highest BCUT2D eigenvalue weighted by Gasteiger charge is 2.28. The number of nitrogens with zero attached hydrogens (tertiary/aromatic N) is 6. The second-order valence-corrected chi connectivity index (χ2v) is 12.1. The largest absolute Gasteiger partial charge is 0.490 e. The van der Waals surface area contributed by atoms with Gasteiger partial charge in [-0.05, 0) is 45.0 Å². The molecule has 3 N–H and O–H groups in total. The zero-order chi connectivity index (χ0) is 28.4. The average Bonchev–Trinajstić information content (AvgIpc) is 3.50. The van der Waals surface area contributed by atoms with Gasteiger partial charge in [-0.2, -0.15) is 5.10 Å². The Morgan fingerprint density at radius 3 is 2.85 bits per heavy atom. The van der Waals surface area contributed by atoms with Crippen LogP contribution in [0.3, 0.4) is 0 Å². The van der Waals surface area contributed by atoms with Crippen LogP contribution in [0.5, 0.6) is 5.75 Å². The highest BCUT2D eigenvalue weighted by Crippen LogP contribution is 2.36. The molecule has 13 heteroatoms. The minimum absolute atomic E-state index is 0.0703. The molecule has 3 aromatic rings. The van der Waals surface area contributed by atoms with Crippen LogP contribution in [0.4, 0.5) is 11.5 Å². The SMILES string of the molecule is CC(=O)N1CC=C(c2cc(N3CCC[C@@H](NC(=O)c4sc(Cl)cc4OCCN(C)C)C3)c3c(N)ncnn23)CC1. The second-order valence-electron chi connectivity index (χ2n) is 10.4. The Morgan fingerprint density at radius 1 is 1.30 bits per heavy atom. The third-order valence-corrected chi connectivity index (χ3v) is 8.56. The van der Waals surface area contributed by atoms with Gasteiger partial charge in [0.25, 0.3) is 5.91 Å². The van der Waals surface area contributed by atoms with Crippen molar-refractivity contribution in [2.24, 2.45) is 0 Å². The van der Waals surface area contributed by atoms with E-state index in [9.17, 15) is 9.59 Å². The molecule has 3 aromatic heterocycles. The molecule has 0 aliphatic carbocycles. The van der Waals surface area contributed by atoms with Gasteiger partial charge in [0, 0.05) is 51.8 Å². The summed E-state index contributed by atoms with van der Waals surface area (Å²) in [7, 11) is 3.94. The van der Waals surface area contributed by atoms with Crippen molar-refractivity contribution in [3.05, 3.63) is 39.4 Å². The van der Waals surface area contributed by atoms with Crippen molar-refractivity contribution in [3.8, 4) is 5.75 Å². The van der Waals surface area contributed by atoms with Gasteiger partial charge in [0.1, 0.15) is 29.1 Å². The third kappa shape index (κ3) is 6.03. The summed E-state index contributed by atoms with van der Waals surface area (Å²) in [5.74, 6) is 0.799. The highest BCUT2D eigenvalue weighted by atomic mass is 35.5. The Morgan fingerprint density at radius 2 is 2.12 bits per heavy atom. The minimum Gasteiger partial charge on any atom is -0.490 e. The first-order valence-corrected chi connectivity index (χ1v) is 14.6. The predicted octanol–water partition coefficient (Wildman–Crippen LogP) is 3.00. The Bertz CT molecular complexity index is 1430. The third-order valence-electron chi connectivity index (χ3n) is 7.31. The first-order chi connectivity index (χ1) is 19.2. The molecule has 1 saturated heterocycles. The van der Waals surface area contributed by atoms with Crippen molar-refractivity contribution >= 4 is 57.3 Å². The molecule has 214 valence electrons. The number of fused-ring (bicyclic) bond motifs is 1. The van der Waals surface area contributed by atoms with Crippen molar-refractivity contribution in [1.82, 2.24) is 29.7 Å². The van der Waals surface area contributed by atoms with E-state index in [0.29, 0.717) is 47.0 Å². The van der Waals surface area contributed by atoms with Gasteiger partial charge in [-0.1, -0.05) is 17.7 Å². The number of hydrogen-bond acceptors (Lipinski definition) is 9. The van der Waals surface area contributed by atoms with Crippen LogP contribution in [0.2, 0.25) is 4.34 Å². The Kier molecular flexibility index (Phi) is 8.48. The molecule has 2 aliphatic rings. The van der Waals surface area contributed by atoms with Gasteiger partial charge in [-0.25, -0.2) is 9.50 Å². The fourth-order valence-corrected chi connectivity index (χ4v) is 6.28. The summed E-state index contributed by atoms with van der Waals surface area (Å²) in [4.78, 5) is 35.9. The maximum atomic E-state index is 13.3. The second kappa shape index (κ2) is 12.0. The van der Waals surface area contributed by atoms with Gasteiger partial charge in [-0.15, -0.1) is 11.3 Å². The molecule has 1 fully saturated rings. The molecule has 0 aromatic carbocycles. The number of nitrogen functional groups attached to an aromatic ring is 1. The molecule has 5 rings (SSSR count). The Balaban J connectivity index is 1.35. The number of hydrogen-bond donors (Lipinski definition) is 2. The molecule has 0 spiro atoms. The maximum absolute atomic E-state index is 13.3. The summed E-state index contributed by atoms with van der Waals surface area (Å²) < 4.78 is 8.23. The van der Waals surface area contributed by atoms with Crippen LogP contribution >= 0.6 is 22.9 Å². The summed E-state index contributed by atoms with van der Waals surface area (Å²) in [5, 5.41) is 7.72. The molecule has 2 aliphatic heterocycles. The fourth-order valence-electron chi connectivity index (χ4n) is 5.22. The monoisotopic (exact) mass is 586 g/mol. The number of anilines is 2. The molecular formula is C27H35ClN8O3S. The number of nitrogens with two attached hydrogens (primary N) is 1. The number of halogens is 1. The summed E-state index contributed by atoms with van der Waals surface area (Å²) in [5.41, 5.74) is 10.1. The number of amides is 2. The number of nitrogens with one attached hydrogen (secondary N) is 1. The van der Waals surface area contributed by atoms with Crippen molar-refractivity contribution in [2.45, 2.75) is 32.2 Å². The molecule has 5 heterocycles. The van der Waals surface area contributed by atoms with Gasteiger partial charge in [-0.3, -0.25) is 9.59 Å². The Hall–Kier alpha value is -3.35. The molecule has 0 radical (unpaired) electrons. The highest BCUT2D eigenvalue weighted by molar-refractivity contribution is 7.18. The van der Waals surface area contributed by atoms with E-state index < -0.39 is 0 Å². The number of carbonyl (C=O) groups excluding carboxylic acids is 2. The fraction of sp³-hybridized carbons (Fsp3) is 0.481. The normalized spacial score (nSPS) is 17.8. The van der Waals surface area contributed by atoms with Crippen molar-refractivity contribution < 1.29 is 14.3 Å². The smallest absolute Gasteiger partial charge is 0.265 e. The summed E-state index contributed by atoms with van der Waals surface area (Å²) in [6.07, 6.45) is 6.03. The van der Waals surface area contributed by atoms with Crippen molar-refractivity contribution in [1.29, 1.82) is 0 Å². The van der Waals surface area contributed by atoms with Crippen LogP contribution in [0.1, 0.15) is 41.6 Å². The molecular weight excluding hydrogens is 552 g/mol. The molecule has 0 saturated carbocycles. The van der Waals surface area contributed by atoms with Crippen LogP contribution in [-0.2, 0) is 4.79 Å². The Labute approximate surface area is 242 Å². The van der Waals surface area contributed by atoms with E-state index in [4.69, 9.17) is 22.1 Å². The number of piperidine rings is 1. The van der Waals surface area contributed by atoms with Crippen LogP contribution < -0.4 is 20.7 Å². The zero-order valence-electron chi connectivity index (χ0n) is 23.0. The predicted molar refractivity (Wildman–Crippen MR) is 158 cm³/mol. The summed E-state index contributed by atoms with van der Waals surface area (Å²) in [6, 6.07) is 3.74. The van der Waals surface area contributed by atoms with Crippen LogP contribution in [0.15, 0.2) is 24.5 Å². The first-order valence-electron chi connectivity index (χ1n) is 13.4. The van der Waals surface area contributed by atoms with Gasteiger partial charge >= 0.3 is 0 Å². The van der Waals surface area contributed by atoms with Crippen LogP contribution in [0.25, 0.3) is 11.1 Å². The lowest BCUT2D eigenvalue weighted by atomic mass is 10.0. The summed E-state index contributed by atoms with van der Waals surface area (Å²) in [6.45, 7) is 5.46. The maximum Gasteiger partial charge on any atom is 0.265 e. The molecule has 0 bridgehead atoms. The van der Waals surface area contributed by atoms with Crippen molar-refractivity contribution in [2.75, 3.05) is 64.1 Å². The van der Waals surface area contributed by atoms with Crippen LogP contribution in [-0.4, -0.2) is 95.7 Å². The van der Waals surface area contributed by atoms with Gasteiger partial charge in [0.2, 0.25) is 5.91 Å². The van der Waals surface area contributed by atoms with E-state index in [1.807, 2.05) is 28.4 Å². The number of likely N-dealkylation sites (N-methyl/N-ethyl adjacent to an activating group) is 1. The quantitative estimate of drug-likeness (QED) is 0.413. The minimum atomic E-state index is -0.184.